The standard InChI is InChI=1S/C18H22N2O4/c21-18(24-14-15-5-2-1-3-6-15)20-8-10-23-17(13-20)12-19-11-16-7-4-9-22-16/h1-7,9,17,19H,8,10-14H2. The molecule has 1 fully saturated rings. The number of nitrogens with zero attached hydrogens (tertiary/aromatic N) is 1. The highest BCUT2D eigenvalue weighted by molar-refractivity contribution is 5.67. The first-order valence-corrected chi connectivity index (χ1v) is 8.11. The Bertz CT molecular complexity index is 615. The molecule has 128 valence electrons. The van der Waals surface area contributed by atoms with E-state index in [1.165, 1.54) is 0 Å². The lowest BCUT2D eigenvalue weighted by Gasteiger charge is -2.32. The Labute approximate surface area is 141 Å². The number of carbonyl (C=O) groups is 1. The van der Waals surface area contributed by atoms with Crippen LogP contribution >= 0.6 is 0 Å². The second-order valence-corrected chi connectivity index (χ2v) is 5.69. The first-order valence-electron chi connectivity index (χ1n) is 8.11. The van der Waals surface area contributed by atoms with E-state index < -0.39 is 0 Å². The molecule has 1 saturated heterocycles. The van der Waals surface area contributed by atoms with Gasteiger partial charge in [-0.1, -0.05) is 30.3 Å². The Hall–Kier alpha value is -2.31. The van der Waals surface area contributed by atoms with Gasteiger partial charge in [-0.15, -0.1) is 0 Å². The minimum Gasteiger partial charge on any atom is -0.468 e. The lowest BCUT2D eigenvalue weighted by molar-refractivity contribution is -0.0272. The van der Waals surface area contributed by atoms with Crippen LogP contribution in [0.2, 0.25) is 0 Å². The molecule has 1 aromatic heterocycles. The zero-order valence-electron chi connectivity index (χ0n) is 13.5. The summed E-state index contributed by atoms with van der Waals surface area (Å²) in [5, 5.41) is 3.28. The van der Waals surface area contributed by atoms with Crippen LogP contribution in [0.3, 0.4) is 0 Å². The van der Waals surface area contributed by atoms with Gasteiger partial charge in [0.05, 0.1) is 32.1 Å². The van der Waals surface area contributed by atoms with Gasteiger partial charge in [-0.2, -0.15) is 0 Å². The number of carbonyl (C=O) groups excluding carboxylic acids is 1. The van der Waals surface area contributed by atoms with Crippen molar-refractivity contribution in [3.63, 3.8) is 0 Å². The number of rotatable bonds is 6. The van der Waals surface area contributed by atoms with E-state index in [2.05, 4.69) is 5.32 Å². The number of hydrogen-bond donors (Lipinski definition) is 1. The van der Waals surface area contributed by atoms with Crippen LogP contribution in [0, 0.1) is 0 Å². The van der Waals surface area contributed by atoms with Crippen molar-refractivity contribution in [3.05, 3.63) is 60.1 Å². The highest BCUT2D eigenvalue weighted by Crippen LogP contribution is 2.09. The van der Waals surface area contributed by atoms with Crippen LogP contribution in [0.4, 0.5) is 4.79 Å². The first kappa shape index (κ1) is 16.5. The average molecular weight is 330 g/mol. The molecule has 0 spiro atoms. The predicted octanol–water partition coefficient (Wildman–Crippen LogP) is 2.41. The Balaban J connectivity index is 1.40. The van der Waals surface area contributed by atoms with E-state index in [1.807, 2.05) is 42.5 Å². The maximum atomic E-state index is 12.2. The summed E-state index contributed by atoms with van der Waals surface area (Å²) in [7, 11) is 0. The molecule has 1 aromatic carbocycles. The Morgan fingerprint density at radius 1 is 1.25 bits per heavy atom. The summed E-state index contributed by atoms with van der Waals surface area (Å²) in [5.41, 5.74) is 0.982. The Morgan fingerprint density at radius 3 is 2.92 bits per heavy atom. The molecule has 1 amide bonds. The summed E-state index contributed by atoms with van der Waals surface area (Å²) in [6.07, 6.45) is 1.31. The minimum atomic E-state index is -0.293. The molecule has 1 N–H and O–H groups in total. The monoisotopic (exact) mass is 330 g/mol. The van der Waals surface area contributed by atoms with Crippen LogP contribution in [-0.4, -0.2) is 43.3 Å². The lowest BCUT2D eigenvalue weighted by atomic mass is 10.2. The molecule has 1 unspecified atom stereocenters. The molecule has 24 heavy (non-hydrogen) atoms. The number of benzene rings is 1. The summed E-state index contributed by atoms with van der Waals surface area (Å²) in [4.78, 5) is 13.9. The number of amides is 1. The zero-order valence-corrected chi connectivity index (χ0v) is 13.5. The third kappa shape index (κ3) is 4.84. The van der Waals surface area contributed by atoms with Crippen LogP contribution in [0.15, 0.2) is 53.1 Å². The summed E-state index contributed by atoms with van der Waals surface area (Å²) < 4.78 is 16.3. The number of morpholine rings is 1. The second kappa shape index (κ2) is 8.52. The summed E-state index contributed by atoms with van der Waals surface area (Å²) >= 11 is 0. The van der Waals surface area contributed by atoms with Crippen LogP contribution in [0.25, 0.3) is 0 Å². The first-order chi connectivity index (χ1) is 11.8. The molecule has 6 heteroatoms. The Morgan fingerprint density at radius 2 is 2.12 bits per heavy atom. The van der Waals surface area contributed by atoms with Gasteiger partial charge in [0.25, 0.3) is 0 Å². The lowest BCUT2D eigenvalue weighted by Crippen LogP contribution is -2.49. The van der Waals surface area contributed by atoms with Crippen molar-refractivity contribution < 1.29 is 18.7 Å². The molecular formula is C18H22N2O4. The van der Waals surface area contributed by atoms with Crippen molar-refractivity contribution in [2.75, 3.05) is 26.2 Å². The van der Waals surface area contributed by atoms with Crippen molar-refractivity contribution in [3.8, 4) is 0 Å². The molecule has 1 aliphatic rings. The predicted molar refractivity (Wildman–Crippen MR) is 88.4 cm³/mol. The zero-order chi connectivity index (χ0) is 16.6. The summed E-state index contributed by atoms with van der Waals surface area (Å²) in [6.45, 7) is 3.20. The van der Waals surface area contributed by atoms with E-state index in [1.54, 1.807) is 11.2 Å². The molecule has 3 rings (SSSR count). The largest absolute Gasteiger partial charge is 0.468 e. The van der Waals surface area contributed by atoms with Crippen molar-refractivity contribution >= 4 is 6.09 Å². The molecule has 0 bridgehead atoms. The fourth-order valence-electron chi connectivity index (χ4n) is 2.59. The molecule has 0 radical (unpaired) electrons. The van der Waals surface area contributed by atoms with Gasteiger partial charge in [0, 0.05) is 13.1 Å². The number of nitrogens with one attached hydrogen (secondary N) is 1. The SMILES string of the molecule is O=C(OCc1ccccc1)N1CCOC(CNCc2ccco2)C1. The normalized spacial score (nSPS) is 17.7. The number of furan rings is 1. The van der Waals surface area contributed by atoms with Gasteiger partial charge >= 0.3 is 6.09 Å². The second-order valence-electron chi connectivity index (χ2n) is 5.69. The van der Waals surface area contributed by atoms with E-state index in [9.17, 15) is 4.79 Å². The van der Waals surface area contributed by atoms with E-state index >= 15 is 0 Å². The molecule has 2 aromatic rings. The van der Waals surface area contributed by atoms with Crippen LogP contribution < -0.4 is 5.32 Å². The van der Waals surface area contributed by atoms with Crippen LogP contribution in [0.1, 0.15) is 11.3 Å². The smallest absolute Gasteiger partial charge is 0.410 e. The van der Waals surface area contributed by atoms with Gasteiger partial charge in [0.15, 0.2) is 0 Å². The van der Waals surface area contributed by atoms with Crippen LogP contribution in [-0.2, 0) is 22.6 Å². The van der Waals surface area contributed by atoms with Crippen molar-refractivity contribution in [2.24, 2.45) is 0 Å². The third-order valence-electron chi connectivity index (χ3n) is 3.85. The summed E-state index contributed by atoms with van der Waals surface area (Å²) in [6, 6.07) is 13.5. The maximum absolute atomic E-state index is 12.2. The average Bonchev–Trinajstić information content (AvgIpc) is 3.14. The van der Waals surface area contributed by atoms with E-state index in [0.29, 0.717) is 39.4 Å². The molecule has 0 saturated carbocycles. The fraction of sp³-hybridized carbons (Fsp3) is 0.389. The van der Waals surface area contributed by atoms with Gasteiger partial charge in [0.2, 0.25) is 0 Å². The molecule has 1 atom stereocenters. The third-order valence-corrected chi connectivity index (χ3v) is 3.85. The fourth-order valence-corrected chi connectivity index (χ4v) is 2.59. The highest BCUT2D eigenvalue weighted by Gasteiger charge is 2.25. The summed E-state index contributed by atoms with van der Waals surface area (Å²) in [5.74, 6) is 0.880. The van der Waals surface area contributed by atoms with E-state index in [4.69, 9.17) is 13.9 Å². The minimum absolute atomic E-state index is 0.0435. The van der Waals surface area contributed by atoms with E-state index in [0.717, 1.165) is 11.3 Å². The van der Waals surface area contributed by atoms with E-state index in [-0.39, 0.29) is 12.2 Å². The highest BCUT2D eigenvalue weighted by atomic mass is 16.6. The quantitative estimate of drug-likeness (QED) is 0.881. The maximum Gasteiger partial charge on any atom is 0.410 e. The molecule has 0 aliphatic carbocycles. The van der Waals surface area contributed by atoms with Gasteiger partial charge in [-0.05, 0) is 17.7 Å². The molecular weight excluding hydrogens is 308 g/mol. The number of ether oxygens (including phenoxy) is 2. The van der Waals surface area contributed by atoms with Crippen molar-refractivity contribution in [1.82, 2.24) is 10.2 Å². The van der Waals surface area contributed by atoms with Gasteiger partial charge < -0.3 is 24.1 Å². The van der Waals surface area contributed by atoms with Crippen molar-refractivity contribution in [2.45, 2.75) is 19.3 Å². The number of hydrogen-bond acceptors (Lipinski definition) is 5. The molecule has 2 heterocycles. The Kier molecular flexibility index (Phi) is 5.87. The van der Waals surface area contributed by atoms with Crippen molar-refractivity contribution in [1.29, 1.82) is 0 Å². The van der Waals surface area contributed by atoms with Gasteiger partial charge in [-0.25, -0.2) is 4.79 Å². The van der Waals surface area contributed by atoms with Crippen LogP contribution in [0.5, 0.6) is 0 Å². The van der Waals surface area contributed by atoms with Gasteiger partial charge in [0.1, 0.15) is 12.4 Å². The van der Waals surface area contributed by atoms with Gasteiger partial charge in [-0.3, -0.25) is 0 Å². The molecule has 6 nitrogen and oxygen atoms in total. The molecule has 1 aliphatic heterocycles. The topological polar surface area (TPSA) is 63.9 Å².